The van der Waals surface area contributed by atoms with E-state index in [1.54, 1.807) is 0 Å². The largest absolute Gasteiger partial charge is 0.408 e. The average molecular weight is 186 g/mol. The van der Waals surface area contributed by atoms with Crippen LogP contribution < -0.4 is 11.5 Å². The van der Waals surface area contributed by atoms with Crippen LogP contribution in [0.15, 0.2) is 5.16 Å². The van der Waals surface area contributed by atoms with Gasteiger partial charge in [0.1, 0.15) is 6.04 Å². The highest BCUT2D eigenvalue weighted by molar-refractivity contribution is 5.87. The lowest BCUT2D eigenvalue weighted by atomic mass is 10.0. The molecule has 0 radical (unpaired) electrons. The number of carbonyl (C=O) groups is 1. The zero-order chi connectivity index (χ0) is 9.84. The monoisotopic (exact) mass is 186 g/mol. The van der Waals surface area contributed by atoms with E-state index in [0.717, 1.165) is 12.8 Å². The Balaban J connectivity index is 2.73. The minimum absolute atomic E-state index is 0.0384. The van der Waals surface area contributed by atoms with Crippen LogP contribution in [0.4, 0.5) is 0 Å². The lowest BCUT2D eigenvalue weighted by Gasteiger charge is -2.33. The third-order valence-electron chi connectivity index (χ3n) is 2.23. The third kappa shape index (κ3) is 2.01. The van der Waals surface area contributed by atoms with Crippen molar-refractivity contribution in [3.05, 3.63) is 0 Å². The van der Waals surface area contributed by atoms with Crippen LogP contribution in [0, 0.1) is 0 Å². The highest BCUT2D eigenvalue weighted by Crippen LogP contribution is 2.15. The van der Waals surface area contributed by atoms with Crippen molar-refractivity contribution in [1.82, 2.24) is 4.90 Å². The minimum atomic E-state index is -0.426. The number of carbonyl (C=O) groups excluding carboxylic acids is 1. The summed E-state index contributed by atoms with van der Waals surface area (Å²) in [5.41, 5.74) is 10.6. The molecule has 0 aromatic heterocycles. The fourth-order valence-electron chi connectivity index (χ4n) is 1.56. The molecule has 0 bridgehead atoms. The van der Waals surface area contributed by atoms with E-state index in [1.807, 2.05) is 0 Å². The summed E-state index contributed by atoms with van der Waals surface area (Å²) in [5, 5.41) is 11.3. The molecule has 0 aromatic rings. The number of amides is 1. The second-order valence-electron chi connectivity index (χ2n) is 3.07. The van der Waals surface area contributed by atoms with Crippen molar-refractivity contribution in [2.45, 2.75) is 25.3 Å². The van der Waals surface area contributed by atoms with Gasteiger partial charge in [0.25, 0.3) is 0 Å². The average Bonchev–Trinajstić information content (AvgIpc) is 2.16. The van der Waals surface area contributed by atoms with Gasteiger partial charge in [0.15, 0.2) is 0 Å². The van der Waals surface area contributed by atoms with E-state index in [2.05, 4.69) is 5.16 Å². The maximum Gasteiger partial charge on any atom is 0.240 e. The Morgan fingerprint density at radius 1 is 1.46 bits per heavy atom. The first kappa shape index (κ1) is 9.63. The van der Waals surface area contributed by atoms with E-state index in [1.165, 1.54) is 4.90 Å². The van der Waals surface area contributed by atoms with Crippen LogP contribution in [0.3, 0.4) is 0 Å². The molecule has 1 saturated heterocycles. The number of guanidine groups is 1. The second kappa shape index (κ2) is 3.97. The lowest BCUT2D eigenvalue weighted by Crippen LogP contribution is -2.53. The van der Waals surface area contributed by atoms with Gasteiger partial charge in [0, 0.05) is 6.54 Å². The highest BCUT2D eigenvalue weighted by atomic mass is 16.4. The summed E-state index contributed by atoms with van der Waals surface area (Å²) >= 11 is 0. The Morgan fingerprint density at radius 2 is 2.15 bits per heavy atom. The Bertz CT molecular complexity index is 229. The van der Waals surface area contributed by atoms with E-state index in [9.17, 15) is 4.79 Å². The number of nitrogens with zero attached hydrogens (tertiary/aromatic N) is 2. The molecule has 5 N–H and O–H groups in total. The van der Waals surface area contributed by atoms with E-state index < -0.39 is 11.9 Å². The van der Waals surface area contributed by atoms with Crippen molar-refractivity contribution in [1.29, 1.82) is 0 Å². The maximum atomic E-state index is 11.0. The number of likely N-dealkylation sites (tertiary alicyclic amines) is 1. The number of nitrogens with two attached hydrogens (primary N) is 2. The highest BCUT2D eigenvalue weighted by Gasteiger charge is 2.28. The smallest absolute Gasteiger partial charge is 0.240 e. The number of piperidine rings is 1. The first-order valence-corrected chi connectivity index (χ1v) is 4.20. The fourth-order valence-corrected chi connectivity index (χ4v) is 1.56. The molecule has 1 unspecified atom stereocenters. The first-order valence-electron chi connectivity index (χ1n) is 4.20. The van der Waals surface area contributed by atoms with Crippen molar-refractivity contribution in [3.8, 4) is 0 Å². The molecule has 1 atom stereocenters. The summed E-state index contributed by atoms with van der Waals surface area (Å²) in [6.07, 6.45) is 2.55. The van der Waals surface area contributed by atoms with Gasteiger partial charge >= 0.3 is 0 Å². The topological polar surface area (TPSA) is 105 Å². The van der Waals surface area contributed by atoms with E-state index >= 15 is 0 Å². The normalized spacial score (nSPS) is 24.5. The molecule has 1 amide bonds. The molecule has 1 heterocycles. The van der Waals surface area contributed by atoms with Crippen LogP contribution in [-0.4, -0.2) is 34.6 Å². The zero-order valence-electron chi connectivity index (χ0n) is 7.31. The van der Waals surface area contributed by atoms with Crippen LogP contribution in [0.1, 0.15) is 19.3 Å². The summed E-state index contributed by atoms with van der Waals surface area (Å²) in [6, 6.07) is -0.426. The van der Waals surface area contributed by atoms with Gasteiger partial charge in [-0.3, -0.25) is 4.79 Å². The molecule has 1 fully saturated rings. The molecule has 13 heavy (non-hydrogen) atoms. The maximum absolute atomic E-state index is 11.0. The Morgan fingerprint density at radius 3 is 2.69 bits per heavy atom. The molecular weight excluding hydrogens is 172 g/mol. The predicted octanol–water partition coefficient (Wildman–Crippen LogP) is -0.970. The Labute approximate surface area is 76.2 Å². The minimum Gasteiger partial charge on any atom is -0.408 e. The summed E-state index contributed by atoms with van der Waals surface area (Å²) < 4.78 is 0. The molecule has 1 rings (SSSR count). The van der Waals surface area contributed by atoms with Crippen molar-refractivity contribution in [2.24, 2.45) is 16.6 Å². The van der Waals surface area contributed by atoms with E-state index in [4.69, 9.17) is 16.7 Å². The molecule has 0 aliphatic carbocycles. The van der Waals surface area contributed by atoms with Gasteiger partial charge < -0.3 is 21.6 Å². The summed E-state index contributed by atoms with van der Waals surface area (Å²) in [5.74, 6) is -0.463. The number of hydrogen-bond acceptors (Lipinski definition) is 3. The van der Waals surface area contributed by atoms with Gasteiger partial charge in [0.05, 0.1) is 0 Å². The number of primary amides is 1. The van der Waals surface area contributed by atoms with Crippen molar-refractivity contribution in [2.75, 3.05) is 6.54 Å². The Kier molecular flexibility index (Phi) is 2.94. The van der Waals surface area contributed by atoms with Gasteiger partial charge in [-0.15, -0.1) is 0 Å². The van der Waals surface area contributed by atoms with Crippen molar-refractivity contribution >= 4 is 11.9 Å². The standard InChI is InChI=1S/C7H14N4O2/c8-6(12)5-3-1-2-4-11(5)7(9)10-13/h5,13H,1-4H2,(H2,8,12)(H2,9,10). The number of rotatable bonds is 1. The summed E-state index contributed by atoms with van der Waals surface area (Å²) in [6.45, 7) is 0.615. The summed E-state index contributed by atoms with van der Waals surface area (Å²) in [4.78, 5) is 12.5. The van der Waals surface area contributed by atoms with Crippen LogP contribution in [0.5, 0.6) is 0 Å². The zero-order valence-corrected chi connectivity index (χ0v) is 7.31. The molecule has 6 nitrogen and oxygen atoms in total. The second-order valence-corrected chi connectivity index (χ2v) is 3.07. The Hall–Kier alpha value is -1.46. The fraction of sp³-hybridized carbons (Fsp3) is 0.714. The van der Waals surface area contributed by atoms with Crippen LogP contribution in [0.25, 0.3) is 0 Å². The van der Waals surface area contributed by atoms with Gasteiger partial charge in [-0.2, -0.15) is 0 Å². The molecule has 0 spiro atoms. The van der Waals surface area contributed by atoms with Crippen LogP contribution in [-0.2, 0) is 4.79 Å². The quantitative estimate of drug-likeness (QED) is 0.212. The van der Waals surface area contributed by atoms with Crippen LogP contribution in [0.2, 0.25) is 0 Å². The van der Waals surface area contributed by atoms with Gasteiger partial charge in [-0.25, -0.2) is 0 Å². The number of hydrogen-bond donors (Lipinski definition) is 3. The van der Waals surface area contributed by atoms with E-state index in [0.29, 0.717) is 13.0 Å². The summed E-state index contributed by atoms with van der Waals surface area (Å²) in [7, 11) is 0. The molecule has 0 aromatic carbocycles. The van der Waals surface area contributed by atoms with Gasteiger partial charge in [-0.05, 0) is 19.3 Å². The molecule has 1 aliphatic heterocycles. The van der Waals surface area contributed by atoms with E-state index in [-0.39, 0.29) is 5.96 Å². The SMILES string of the molecule is NC(=O)C1CCCCN1C(N)=NO. The van der Waals surface area contributed by atoms with Crippen molar-refractivity contribution < 1.29 is 10.0 Å². The predicted molar refractivity (Wildman–Crippen MR) is 46.9 cm³/mol. The molecule has 6 heteroatoms. The molecule has 1 aliphatic rings. The molecule has 74 valence electrons. The first-order chi connectivity index (χ1) is 6.16. The van der Waals surface area contributed by atoms with Gasteiger partial charge in [-0.1, -0.05) is 5.16 Å². The van der Waals surface area contributed by atoms with Crippen molar-refractivity contribution in [3.63, 3.8) is 0 Å². The molecule has 0 saturated carbocycles. The van der Waals surface area contributed by atoms with Gasteiger partial charge in [0.2, 0.25) is 11.9 Å². The molecular formula is C7H14N4O2. The lowest BCUT2D eigenvalue weighted by molar-refractivity contribution is -0.122. The van der Waals surface area contributed by atoms with Crippen LogP contribution >= 0.6 is 0 Å². The number of oxime groups is 1. The third-order valence-corrected chi connectivity index (χ3v) is 2.23.